The number of halogens is 1. The Morgan fingerprint density at radius 1 is 1.09 bits per heavy atom. The molecule has 2 aromatic rings. The second kappa shape index (κ2) is 5.85. The molecule has 0 aliphatic heterocycles. The normalized spacial score (nSPS) is 15.8. The standard InChI is InChI=1S/C16H14BrNO3S/c1-11-2-6-14(7-3-11)22(19,20)21-18-16-9-4-12-10-13(17)5-8-15(12)16/h2-3,5-8,10H,4,9H2,1H3/b18-16+. The van der Waals surface area contributed by atoms with E-state index in [1.165, 1.54) is 12.1 Å². The molecule has 1 aliphatic rings. The third-order valence-electron chi connectivity index (χ3n) is 3.56. The third-order valence-corrected chi connectivity index (χ3v) is 5.18. The van der Waals surface area contributed by atoms with Crippen LogP contribution in [0.5, 0.6) is 0 Å². The average molecular weight is 380 g/mol. The molecule has 3 rings (SSSR count). The van der Waals surface area contributed by atoms with Crippen LogP contribution in [-0.4, -0.2) is 14.1 Å². The fourth-order valence-corrected chi connectivity index (χ4v) is 3.53. The van der Waals surface area contributed by atoms with Crippen molar-refractivity contribution in [1.29, 1.82) is 0 Å². The van der Waals surface area contributed by atoms with Crippen LogP contribution in [0, 0.1) is 6.92 Å². The quantitative estimate of drug-likeness (QED) is 0.761. The van der Waals surface area contributed by atoms with Crippen molar-refractivity contribution in [2.75, 3.05) is 0 Å². The molecule has 0 atom stereocenters. The van der Waals surface area contributed by atoms with Gasteiger partial charge in [-0.3, -0.25) is 4.28 Å². The number of fused-ring (bicyclic) bond motifs is 1. The van der Waals surface area contributed by atoms with Gasteiger partial charge in [-0.1, -0.05) is 44.8 Å². The number of aryl methyl sites for hydroxylation is 2. The molecule has 0 saturated carbocycles. The van der Waals surface area contributed by atoms with Gasteiger partial charge >= 0.3 is 10.1 Å². The molecule has 0 bridgehead atoms. The van der Waals surface area contributed by atoms with Crippen LogP contribution in [-0.2, 0) is 20.8 Å². The lowest BCUT2D eigenvalue weighted by Gasteiger charge is -2.04. The van der Waals surface area contributed by atoms with Gasteiger partial charge in [-0.25, -0.2) is 0 Å². The smallest absolute Gasteiger partial charge is 0.264 e. The van der Waals surface area contributed by atoms with Crippen LogP contribution in [0.15, 0.2) is 57.0 Å². The van der Waals surface area contributed by atoms with Crippen LogP contribution in [0.4, 0.5) is 0 Å². The molecule has 6 heteroatoms. The number of hydrogen-bond donors (Lipinski definition) is 0. The maximum absolute atomic E-state index is 12.1. The molecule has 0 fully saturated rings. The molecule has 0 spiro atoms. The second-order valence-electron chi connectivity index (χ2n) is 5.18. The largest absolute Gasteiger partial charge is 0.358 e. The van der Waals surface area contributed by atoms with E-state index in [1.807, 2.05) is 25.1 Å². The molecule has 4 nitrogen and oxygen atoms in total. The minimum Gasteiger partial charge on any atom is -0.264 e. The first-order valence-corrected chi connectivity index (χ1v) is 9.02. The van der Waals surface area contributed by atoms with Crippen molar-refractivity contribution >= 4 is 31.8 Å². The lowest BCUT2D eigenvalue weighted by Crippen LogP contribution is -2.05. The summed E-state index contributed by atoms with van der Waals surface area (Å²) in [7, 11) is -3.87. The second-order valence-corrected chi connectivity index (χ2v) is 7.63. The molecule has 0 heterocycles. The number of nitrogens with zero attached hydrogens (tertiary/aromatic N) is 1. The predicted octanol–water partition coefficient (Wildman–Crippen LogP) is 3.81. The van der Waals surface area contributed by atoms with Gasteiger partial charge < -0.3 is 0 Å². The molecule has 2 aromatic carbocycles. The highest BCUT2D eigenvalue weighted by atomic mass is 79.9. The number of hydrogen-bond acceptors (Lipinski definition) is 4. The molecule has 0 saturated heterocycles. The maximum Gasteiger partial charge on any atom is 0.358 e. The molecule has 0 aromatic heterocycles. The van der Waals surface area contributed by atoms with E-state index in [0.717, 1.165) is 27.6 Å². The third kappa shape index (κ3) is 3.08. The SMILES string of the molecule is Cc1ccc(S(=O)(=O)O/N=C2\CCc3cc(Br)ccc32)cc1. The number of benzene rings is 2. The molecule has 0 radical (unpaired) electrons. The van der Waals surface area contributed by atoms with Crippen molar-refractivity contribution < 1.29 is 12.7 Å². The van der Waals surface area contributed by atoms with E-state index in [0.29, 0.717) is 12.1 Å². The van der Waals surface area contributed by atoms with Crippen LogP contribution < -0.4 is 0 Å². The molecular weight excluding hydrogens is 366 g/mol. The van der Waals surface area contributed by atoms with Gasteiger partial charge in [0, 0.05) is 10.0 Å². The van der Waals surface area contributed by atoms with Crippen LogP contribution in [0.25, 0.3) is 0 Å². The monoisotopic (exact) mass is 379 g/mol. The molecule has 0 unspecified atom stereocenters. The lowest BCUT2D eigenvalue weighted by atomic mass is 10.1. The topological polar surface area (TPSA) is 55.7 Å². The highest BCUT2D eigenvalue weighted by molar-refractivity contribution is 9.10. The first kappa shape index (κ1) is 15.2. The van der Waals surface area contributed by atoms with Crippen molar-refractivity contribution in [2.45, 2.75) is 24.7 Å². The summed E-state index contributed by atoms with van der Waals surface area (Å²) in [6.07, 6.45) is 1.51. The Bertz CT molecular complexity index is 842. The molecule has 0 N–H and O–H groups in total. The molecular formula is C16H14BrNO3S. The molecule has 114 valence electrons. The van der Waals surface area contributed by atoms with Crippen molar-refractivity contribution in [3.05, 3.63) is 63.6 Å². The maximum atomic E-state index is 12.1. The molecule has 1 aliphatic carbocycles. The van der Waals surface area contributed by atoms with E-state index in [-0.39, 0.29) is 4.90 Å². The van der Waals surface area contributed by atoms with Crippen LogP contribution in [0.3, 0.4) is 0 Å². The summed E-state index contributed by atoms with van der Waals surface area (Å²) in [5.74, 6) is 0. The Morgan fingerprint density at radius 3 is 2.55 bits per heavy atom. The summed E-state index contributed by atoms with van der Waals surface area (Å²) < 4.78 is 30.1. The van der Waals surface area contributed by atoms with Crippen molar-refractivity contribution in [3.63, 3.8) is 0 Å². The van der Waals surface area contributed by atoms with Gasteiger partial charge in [0.05, 0.1) is 5.71 Å². The lowest BCUT2D eigenvalue weighted by molar-refractivity contribution is 0.338. The van der Waals surface area contributed by atoms with Crippen LogP contribution in [0.1, 0.15) is 23.1 Å². The molecule has 22 heavy (non-hydrogen) atoms. The van der Waals surface area contributed by atoms with Gasteiger partial charge in [0.15, 0.2) is 0 Å². The summed E-state index contributed by atoms with van der Waals surface area (Å²) in [5.41, 5.74) is 3.74. The summed E-state index contributed by atoms with van der Waals surface area (Å²) in [5, 5.41) is 3.88. The van der Waals surface area contributed by atoms with Gasteiger partial charge in [-0.2, -0.15) is 8.42 Å². The minimum absolute atomic E-state index is 0.108. The summed E-state index contributed by atoms with van der Waals surface area (Å²) in [4.78, 5) is 0.108. The fraction of sp³-hybridized carbons (Fsp3) is 0.188. The van der Waals surface area contributed by atoms with Gasteiger partial charge in [-0.05, 0) is 49.6 Å². The first-order valence-electron chi connectivity index (χ1n) is 6.82. The van der Waals surface area contributed by atoms with E-state index in [1.54, 1.807) is 12.1 Å². The first-order chi connectivity index (χ1) is 10.5. The average Bonchev–Trinajstić information content (AvgIpc) is 2.88. The Balaban J connectivity index is 1.85. The highest BCUT2D eigenvalue weighted by Gasteiger charge is 2.21. The summed E-state index contributed by atoms with van der Waals surface area (Å²) >= 11 is 3.42. The van der Waals surface area contributed by atoms with Gasteiger partial charge in [-0.15, -0.1) is 0 Å². The highest BCUT2D eigenvalue weighted by Crippen LogP contribution is 2.26. The van der Waals surface area contributed by atoms with Crippen molar-refractivity contribution in [1.82, 2.24) is 0 Å². The zero-order valence-electron chi connectivity index (χ0n) is 11.9. The summed E-state index contributed by atoms with van der Waals surface area (Å²) in [6, 6.07) is 12.3. The summed E-state index contributed by atoms with van der Waals surface area (Å²) in [6.45, 7) is 1.89. The fourth-order valence-electron chi connectivity index (χ4n) is 2.38. The molecule has 0 amide bonds. The van der Waals surface area contributed by atoms with E-state index >= 15 is 0 Å². The van der Waals surface area contributed by atoms with Gasteiger partial charge in [0.25, 0.3) is 0 Å². The number of oxime groups is 1. The van der Waals surface area contributed by atoms with E-state index < -0.39 is 10.1 Å². The predicted molar refractivity (Wildman–Crippen MR) is 88.4 cm³/mol. The van der Waals surface area contributed by atoms with Crippen molar-refractivity contribution in [2.24, 2.45) is 5.16 Å². The Hall–Kier alpha value is -1.66. The van der Waals surface area contributed by atoms with Crippen LogP contribution in [0.2, 0.25) is 0 Å². The van der Waals surface area contributed by atoms with Crippen molar-refractivity contribution in [3.8, 4) is 0 Å². The zero-order valence-corrected chi connectivity index (χ0v) is 14.3. The van der Waals surface area contributed by atoms with E-state index in [2.05, 4.69) is 21.1 Å². The van der Waals surface area contributed by atoms with Gasteiger partial charge in [0.2, 0.25) is 0 Å². The Labute approximate surface area is 138 Å². The van der Waals surface area contributed by atoms with Gasteiger partial charge in [0.1, 0.15) is 4.90 Å². The number of rotatable bonds is 3. The zero-order chi connectivity index (χ0) is 15.7. The minimum atomic E-state index is -3.87. The van der Waals surface area contributed by atoms with E-state index in [9.17, 15) is 8.42 Å². The Kier molecular flexibility index (Phi) is 4.06. The van der Waals surface area contributed by atoms with Crippen LogP contribution >= 0.6 is 15.9 Å². The van der Waals surface area contributed by atoms with E-state index in [4.69, 9.17) is 4.28 Å². The Morgan fingerprint density at radius 2 is 1.82 bits per heavy atom.